The second-order valence-electron chi connectivity index (χ2n) is 7.11. The average Bonchev–Trinajstić information content (AvgIpc) is 3.02. The van der Waals surface area contributed by atoms with Gasteiger partial charge in [-0.15, -0.1) is 0 Å². The topological polar surface area (TPSA) is 32.3 Å². The van der Waals surface area contributed by atoms with E-state index in [2.05, 4.69) is 37.9 Å². The Labute approximate surface area is 124 Å². The third-order valence-electron chi connectivity index (χ3n) is 5.13. The molecular weight excluding hydrogens is 248 g/mol. The summed E-state index contributed by atoms with van der Waals surface area (Å²) in [6.07, 6.45) is 9.10. The molecule has 3 nitrogen and oxygen atoms in total. The lowest BCUT2D eigenvalue weighted by Crippen LogP contribution is -2.47. The lowest BCUT2D eigenvalue weighted by molar-refractivity contribution is -0.133. The van der Waals surface area contributed by atoms with Gasteiger partial charge in [0, 0.05) is 6.04 Å². The van der Waals surface area contributed by atoms with E-state index in [4.69, 9.17) is 0 Å². The van der Waals surface area contributed by atoms with Gasteiger partial charge >= 0.3 is 0 Å². The number of hydrogen-bond donors (Lipinski definition) is 1. The molecule has 1 saturated heterocycles. The van der Waals surface area contributed by atoms with E-state index in [0.717, 1.165) is 6.42 Å². The lowest BCUT2D eigenvalue weighted by atomic mass is 10.0. The van der Waals surface area contributed by atoms with Crippen molar-refractivity contribution in [3.63, 3.8) is 0 Å². The van der Waals surface area contributed by atoms with Crippen molar-refractivity contribution in [1.82, 2.24) is 10.2 Å². The molecule has 1 aliphatic heterocycles. The van der Waals surface area contributed by atoms with Gasteiger partial charge in [-0.05, 0) is 38.0 Å². The van der Waals surface area contributed by atoms with Gasteiger partial charge in [0.15, 0.2) is 0 Å². The van der Waals surface area contributed by atoms with Gasteiger partial charge in [-0.2, -0.15) is 0 Å². The maximum Gasteiger partial charge on any atom is 0.241 e. The fraction of sp³-hybridized carbons (Fsp3) is 0.941. The molecule has 1 saturated carbocycles. The predicted molar refractivity (Wildman–Crippen MR) is 83.3 cm³/mol. The van der Waals surface area contributed by atoms with Crippen molar-refractivity contribution in [3.8, 4) is 0 Å². The molecule has 1 N–H and O–H groups in total. The van der Waals surface area contributed by atoms with Crippen LogP contribution in [0.5, 0.6) is 0 Å². The van der Waals surface area contributed by atoms with Crippen molar-refractivity contribution >= 4 is 5.91 Å². The molecule has 0 aromatic carbocycles. The van der Waals surface area contributed by atoms with Crippen LogP contribution in [-0.4, -0.2) is 29.1 Å². The van der Waals surface area contributed by atoms with E-state index < -0.39 is 0 Å². The Morgan fingerprint density at radius 1 is 1.25 bits per heavy atom. The molecule has 1 heterocycles. The SMILES string of the molecule is CCCCC(C)N1C(=O)C(C(C)C)NC1C1CCCC1. The zero-order valence-electron chi connectivity index (χ0n) is 13.7. The van der Waals surface area contributed by atoms with Crippen LogP contribution in [0.1, 0.15) is 72.6 Å². The monoisotopic (exact) mass is 280 g/mol. The highest BCUT2D eigenvalue weighted by molar-refractivity contribution is 5.85. The zero-order chi connectivity index (χ0) is 14.7. The molecule has 2 fully saturated rings. The smallest absolute Gasteiger partial charge is 0.241 e. The Balaban J connectivity index is 2.11. The molecule has 0 radical (unpaired) electrons. The van der Waals surface area contributed by atoms with Gasteiger partial charge in [0.1, 0.15) is 0 Å². The molecule has 0 spiro atoms. The second-order valence-corrected chi connectivity index (χ2v) is 7.11. The molecule has 3 atom stereocenters. The third-order valence-corrected chi connectivity index (χ3v) is 5.13. The summed E-state index contributed by atoms with van der Waals surface area (Å²) in [6, 6.07) is 0.411. The number of carbonyl (C=O) groups excluding carboxylic acids is 1. The minimum Gasteiger partial charge on any atom is -0.323 e. The fourth-order valence-electron chi connectivity index (χ4n) is 3.88. The maximum atomic E-state index is 12.8. The molecule has 116 valence electrons. The van der Waals surface area contributed by atoms with Crippen molar-refractivity contribution in [2.45, 2.75) is 90.9 Å². The summed E-state index contributed by atoms with van der Waals surface area (Å²) in [4.78, 5) is 15.0. The molecule has 0 bridgehead atoms. The van der Waals surface area contributed by atoms with Crippen LogP contribution in [0.15, 0.2) is 0 Å². The largest absolute Gasteiger partial charge is 0.323 e. The summed E-state index contributed by atoms with van der Waals surface area (Å²) >= 11 is 0. The number of unbranched alkanes of at least 4 members (excludes halogenated alkanes) is 1. The van der Waals surface area contributed by atoms with E-state index in [1.165, 1.54) is 38.5 Å². The van der Waals surface area contributed by atoms with E-state index in [-0.39, 0.29) is 6.04 Å². The molecule has 0 aromatic heterocycles. The first-order valence-corrected chi connectivity index (χ1v) is 8.64. The number of nitrogens with zero attached hydrogens (tertiary/aromatic N) is 1. The van der Waals surface area contributed by atoms with Gasteiger partial charge in [0.2, 0.25) is 5.91 Å². The van der Waals surface area contributed by atoms with Crippen molar-refractivity contribution in [2.75, 3.05) is 0 Å². The van der Waals surface area contributed by atoms with Gasteiger partial charge in [0.25, 0.3) is 0 Å². The van der Waals surface area contributed by atoms with E-state index in [9.17, 15) is 4.79 Å². The van der Waals surface area contributed by atoms with E-state index >= 15 is 0 Å². The quantitative estimate of drug-likeness (QED) is 0.807. The third kappa shape index (κ3) is 3.19. The first-order valence-electron chi connectivity index (χ1n) is 8.64. The molecular formula is C17H32N2O. The van der Waals surface area contributed by atoms with E-state index in [1.807, 2.05) is 0 Å². The zero-order valence-corrected chi connectivity index (χ0v) is 13.7. The van der Waals surface area contributed by atoms with Crippen LogP contribution in [0.2, 0.25) is 0 Å². The number of nitrogens with one attached hydrogen (secondary N) is 1. The van der Waals surface area contributed by atoms with Crippen LogP contribution < -0.4 is 5.32 Å². The van der Waals surface area contributed by atoms with Crippen molar-refractivity contribution < 1.29 is 4.79 Å². The van der Waals surface area contributed by atoms with Gasteiger partial charge in [-0.3, -0.25) is 10.1 Å². The highest BCUT2D eigenvalue weighted by atomic mass is 16.2. The predicted octanol–water partition coefficient (Wildman–Crippen LogP) is 3.54. The van der Waals surface area contributed by atoms with Crippen molar-refractivity contribution in [3.05, 3.63) is 0 Å². The van der Waals surface area contributed by atoms with Crippen LogP contribution in [0.25, 0.3) is 0 Å². The minimum atomic E-state index is 0.0321. The molecule has 20 heavy (non-hydrogen) atoms. The Kier molecular flexibility index (Phi) is 5.48. The van der Waals surface area contributed by atoms with Gasteiger partial charge in [-0.1, -0.05) is 46.5 Å². The summed E-state index contributed by atoms with van der Waals surface area (Å²) < 4.78 is 0. The fourth-order valence-corrected chi connectivity index (χ4v) is 3.88. The standard InChI is InChI=1S/C17H32N2O/c1-5-6-9-13(4)19-16(14-10-7-8-11-14)18-15(12(2)3)17(19)20/h12-16,18H,5-11H2,1-4H3. The summed E-state index contributed by atoms with van der Waals surface area (Å²) in [5, 5.41) is 3.67. The normalized spacial score (nSPS) is 29.6. The van der Waals surface area contributed by atoms with E-state index in [1.54, 1.807) is 0 Å². The molecule has 2 rings (SSSR count). The molecule has 3 unspecified atom stereocenters. The van der Waals surface area contributed by atoms with Gasteiger partial charge in [-0.25, -0.2) is 0 Å². The van der Waals surface area contributed by atoms with Crippen LogP contribution >= 0.6 is 0 Å². The number of rotatable bonds is 6. The van der Waals surface area contributed by atoms with Crippen LogP contribution in [0.4, 0.5) is 0 Å². The molecule has 1 amide bonds. The van der Waals surface area contributed by atoms with Gasteiger partial charge in [0.05, 0.1) is 12.2 Å². The average molecular weight is 280 g/mol. The summed E-state index contributed by atoms with van der Waals surface area (Å²) in [7, 11) is 0. The number of amides is 1. The Bertz CT molecular complexity index is 323. The molecule has 0 aromatic rings. The summed E-state index contributed by atoms with van der Waals surface area (Å²) in [5.74, 6) is 1.40. The van der Waals surface area contributed by atoms with Crippen LogP contribution in [0, 0.1) is 11.8 Å². The second kappa shape index (κ2) is 6.93. The number of carbonyl (C=O) groups is 1. The Hall–Kier alpha value is -0.570. The Morgan fingerprint density at radius 2 is 1.90 bits per heavy atom. The van der Waals surface area contributed by atoms with Crippen LogP contribution in [-0.2, 0) is 4.79 Å². The first-order chi connectivity index (χ1) is 9.56. The van der Waals surface area contributed by atoms with E-state index in [0.29, 0.717) is 30.0 Å². The molecule has 1 aliphatic carbocycles. The van der Waals surface area contributed by atoms with Crippen molar-refractivity contribution in [1.29, 1.82) is 0 Å². The Morgan fingerprint density at radius 3 is 2.45 bits per heavy atom. The molecule has 2 aliphatic rings. The highest BCUT2D eigenvalue weighted by Crippen LogP contribution is 2.34. The minimum absolute atomic E-state index is 0.0321. The molecule has 3 heteroatoms. The highest BCUT2D eigenvalue weighted by Gasteiger charge is 2.45. The first kappa shape index (κ1) is 15.8. The summed E-state index contributed by atoms with van der Waals surface area (Å²) in [6.45, 7) is 8.77. The van der Waals surface area contributed by atoms with Crippen LogP contribution in [0.3, 0.4) is 0 Å². The summed E-state index contributed by atoms with van der Waals surface area (Å²) in [5.41, 5.74) is 0. The van der Waals surface area contributed by atoms with Gasteiger partial charge < -0.3 is 4.90 Å². The lowest BCUT2D eigenvalue weighted by Gasteiger charge is -2.34. The maximum absolute atomic E-state index is 12.8. The number of hydrogen-bond acceptors (Lipinski definition) is 2. The van der Waals surface area contributed by atoms with Crippen molar-refractivity contribution in [2.24, 2.45) is 11.8 Å².